The van der Waals surface area contributed by atoms with Gasteiger partial charge >= 0.3 is 0 Å². The van der Waals surface area contributed by atoms with Crippen molar-refractivity contribution < 1.29 is 0 Å². The van der Waals surface area contributed by atoms with Gasteiger partial charge in [-0.2, -0.15) is 0 Å². The Morgan fingerprint density at radius 2 is 1.79 bits per heavy atom. The molecule has 0 spiro atoms. The molecule has 14 heavy (non-hydrogen) atoms. The lowest BCUT2D eigenvalue weighted by atomic mass is 9.97. The van der Waals surface area contributed by atoms with Crippen LogP contribution >= 0.6 is 22.6 Å². The third-order valence-electron chi connectivity index (χ3n) is 3.51. The van der Waals surface area contributed by atoms with Crippen LogP contribution in [0.25, 0.3) is 5.57 Å². The van der Waals surface area contributed by atoms with Gasteiger partial charge in [0.05, 0.1) is 0 Å². The Balaban J connectivity index is 2.75. The van der Waals surface area contributed by atoms with Gasteiger partial charge in [0.2, 0.25) is 0 Å². The predicted octanol–water partition coefficient (Wildman–Crippen LogP) is 4.51. The molecule has 0 aliphatic heterocycles. The van der Waals surface area contributed by atoms with Gasteiger partial charge in [-0.25, -0.2) is 0 Å². The van der Waals surface area contributed by atoms with Gasteiger partial charge in [0.1, 0.15) is 0 Å². The Morgan fingerprint density at radius 3 is 2.43 bits per heavy atom. The summed E-state index contributed by atoms with van der Waals surface area (Å²) in [5.74, 6) is 0.612. The summed E-state index contributed by atoms with van der Waals surface area (Å²) >= 11 is 2.42. The van der Waals surface area contributed by atoms with Crippen molar-refractivity contribution in [1.82, 2.24) is 0 Å². The summed E-state index contributed by atoms with van der Waals surface area (Å²) in [6, 6.07) is 4.52. The van der Waals surface area contributed by atoms with Crippen LogP contribution in [0.2, 0.25) is 0 Å². The molecule has 1 heteroatoms. The molecule has 0 aromatic heterocycles. The Kier molecular flexibility index (Phi) is 2.46. The molecule has 1 aromatic rings. The first kappa shape index (κ1) is 10.2. The van der Waals surface area contributed by atoms with E-state index in [-0.39, 0.29) is 0 Å². The van der Waals surface area contributed by atoms with E-state index in [9.17, 15) is 0 Å². The van der Waals surface area contributed by atoms with Gasteiger partial charge in [0, 0.05) is 9.49 Å². The highest BCUT2D eigenvalue weighted by molar-refractivity contribution is 14.1. The number of benzene rings is 1. The third kappa shape index (κ3) is 1.25. The van der Waals surface area contributed by atoms with Gasteiger partial charge in [-0.3, -0.25) is 0 Å². The van der Waals surface area contributed by atoms with Crippen LogP contribution in [-0.4, -0.2) is 0 Å². The van der Waals surface area contributed by atoms with Crippen molar-refractivity contribution in [2.75, 3.05) is 0 Å². The molecule has 0 saturated heterocycles. The average Bonchev–Trinajstić information content (AvgIpc) is 2.38. The summed E-state index contributed by atoms with van der Waals surface area (Å²) in [5, 5.41) is 0. The highest BCUT2D eigenvalue weighted by Crippen LogP contribution is 2.43. The second-order valence-corrected chi connectivity index (χ2v) is 5.33. The number of halogens is 1. The van der Waals surface area contributed by atoms with Crippen LogP contribution in [0.1, 0.15) is 43.4 Å². The van der Waals surface area contributed by atoms with Gasteiger partial charge < -0.3 is 0 Å². The van der Waals surface area contributed by atoms with E-state index in [2.05, 4.69) is 62.4 Å². The van der Waals surface area contributed by atoms with Crippen molar-refractivity contribution in [3.63, 3.8) is 0 Å². The lowest BCUT2D eigenvalue weighted by molar-refractivity contribution is 0.918. The minimum Gasteiger partial charge on any atom is -0.0625 e. The number of hydrogen-bond donors (Lipinski definition) is 0. The highest BCUT2D eigenvalue weighted by atomic mass is 127. The Labute approximate surface area is 99.6 Å². The molecule has 1 unspecified atom stereocenters. The molecule has 0 bridgehead atoms. The summed E-state index contributed by atoms with van der Waals surface area (Å²) < 4.78 is 1.38. The van der Waals surface area contributed by atoms with Crippen molar-refractivity contribution in [3.05, 3.63) is 38.0 Å². The summed E-state index contributed by atoms with van der Waals surface area (Å²) in [4.78, 5) is 0. The first-order valence-corrected chi connectivity index (χ1v) is 6.08. The standard InChI is InChI=1S/C13H15I/c1-7-8(2)11-5-6-12(14)10(4)13(11)9(7)3/h5-6,8H,1-4H3. The van der Waals surface area contributed by atoms with E-state index in [0.717, 1.165) is 0 Å². The van der Waals surface area contributed by atoms with Gasteiger partial charge in [0.15, 0.2) is 0 Å². The van der Waals surface area contributed by atoms with E-state index in [0.29, 0.717) is 5.92 Å². The second kappa shape index (κ2) is 3.37. The normalized spacial score (nSPS) is 20.2. The molecule has 1 aromatic carbocycles. The summed E-state index contributed by atoms with van der Waals surface area (Å²) in [6.07, 6.45) is 0. The summed E-state index contributed by atoms with van der Waals surface area (Å²) in [6.45, 7) is 9.04. The lowest BCUT2D eigenvalue weighted by Gasteiger charge is -2.10. The van der Waals surface area contributed by atoms with Gasteiger partial charge in [-0.15, -0.1) is 0 Å². The first-order chi connectivity index (χ1) is 6.54. The fourth-order valence-electron chi connectivity index (χ4n) is 2.32. The average molecular weight is 298 g/mol. The van der Waals surface area contributed by atoms with Crippen molar-refractivity contribution in [3.8, 4) is 0 Å². The quantitative estimate of drug-likeness (QED) is 0.618. The van der Waals surface area contributed by atoms with Crippen LogP contribution in [0.4, 0.5) is 0 Å². The van der Waals surface area contributed by atoms with Crippen LogP contribution in [0.15, 0.2) is 17.7 Å². The Bertz CT molecular complexity index is 427. The molecule has 0 saturated carbocycles. The molecule has 2 rings (SSSR count). The van der Waals surface area contributed by atoms with E-state index in [1.165, 1.54) is 31.4 Å². The number of hydrogen-bond acceptors (Lipinski definition) is 0. The van der Waals surface area contributed by atoms with Crippen LogP contribution in [0.5, 0.6) is 0 Å². The van der Waals surface area contributed by atoms with Crippen LogP contribution in [-0.2, 0) is 0 Å². The lowest BCUT2D eigenvalue weighted by Crippen LogP contribution is -1.93. The molecule has 0 fully saturated rings. The van der Waals surface area contributed by atoms with Gasteiger partial charge in [-0.1, -0.05) is 18.6 Å². The number of rotatable bonds is 0. The molecule has 0 amide bonds. The Hall–Kier alpha value is -0.310. The molecule has 0 nitrogen and oxygen atoms in total. The highest BCUT2D eigenvalue weighted by Gasteiger charge is 2.24. The Morgan fingerprint density at radius 1 is 1.14 bits per heavy atom. The van der Waals surface area contributed by atoms with E-state index in [4.69, 9.17) is 0 Å². The van der Waals surface area contributed by atoms with E-state index in [1.807, 2.05) is 0 Å². The fourth-order valence-corrected chi connectivity index (χ4v) is 2.77. The topological polar surface area (TPSA) is 0 Å². The molecule has 1 aliphatic carbocycles. The number of allylic oxidation sites excluding steroid dienone is 2. The summed E-state index contributed by atoms with van der Waals surface area (Å²) in [5.41, 5.74) is 7.48. The molecular weight excluding hydrogens is 283 g/mol. The monoisotopic (exact) mass is 298 g/mol. The first-order valence-electron chi connectivity index (χ1n) is 5.00. The third-order valence-corrected chi connectivity index (χ3v) is 4.68. The zero-order chi connectivity index (χ0) is 10.5. The SMILES string of the molecule is CC1=C(C)C(C)c2ccc(I)c(C)c21. The molecule has 0 heterocycles. The zero-order valence-electron chi connectivity index (χ0n) is 9.11. The van der Waals surface area contributed by atoms with Gasteiger partial charge in [0.25, 0.3) is 0 Å². The van der Waals surface area contributed by atoms with E-state index >= 15 is 0 Å². The van der Waals surface area contributed by atoms with Gasteiger partial charge in [-0.05, 0) is 71.7 Å². The van der Waals surface area contributed by atoms with Crippen LogP contribution < -0.4 is 0 Å². The molecule has 1 atom stereocenters. The fraction of sp³-hybridized carbons (Fsp3) is 0.385. The second-order valence-electron chi connectivity index (χ2n) is 4.17. The smallest absolute Gasteiger partial charge is 0.0165 e. The molecule has 0 N–H and O–H groups in total. The largest absolute Gasteiger partial charge is 0.0625 e. The molecule has 1 aliphatic rings. The maximum absolute atomic E-state index is 2.42. The minimum absolute atomic E-state index is 0.612. The van der Waals surface area contributed by atoms with Crippen molar-refractivity contribution >= 4 is 28.2 Å². The number of fused-ring (bicyclic) bond motifs is 1. The molecular formula is C13H15I. The molecule has 0 radical (unpaired) electrons. The zero-order valence-corrected chi connectivity index (χ0v) is 11.3. The predicted molar refractivity (Wildman–Crippen MR) is 70.6 cm³/mol. The van der Waals surface area contributed by atoms with Crippen molar-refractivity contribution in [1.29, 1.82) is 0 Å². The molecule has 74 valence electrons. The maximum atomic E-state index is 2.42. The van der Waals surface area contributed by atoms with E-state index < -0.39 is 0 Å². The van der Waals surface area contributed by atoms with Crippen LogP contribution in [0.3, 0.4) is 0 Å². The van der Waals surface area contributed by atoms with Crippen molar-refractivity contribution in [2.24, 2.45) is 0 Å². The minimum atomic E-state index is 0.612. The maximum Gasteiger partial charge on any atom is 0.0165 e. The van der Waals surface area contributed by atoms with E-state index in [1.54, 1.807) is 0 Å². The van der Waals surface area contributed by atoms with Crippen molar-refractivity contribution in [2.45, 2.75) is 33.6 Å². The summed E-state index contributed by atoms with van der Waals surface area (Å²) in [7, 11) is 0. The van der Waals surface area contributed by atoms with Crippen LogP contribution in [0, 0.1) is 10.5 Å².